The number of thiazole rings is 1. The van der Waals surface area contributed by atoms with Crippen LogP contribution >= 0.6 is 11.3 Å². The zero-order chi connectivity index (χ0) is 25.1. The Labute approximate surface area is 214 Å². The van der Waals surface area contributed by atoms with Crippen molar-refractivity contribution in [2.24, 2.45) is 0 Å². The van der Waals surface area contributed by atoms with Gasteiger partial charge in [0.05, 0.1) is 12.8 Å². The molecule has 0 saturated carbocycles. The molecule has 0 aliphatic carbocycles. The van der Waals surface area contributed by atoms with Crippen LogP contribution in [0, 0.1) is 13.8 Å². The number of nitrogens with one attached hydrogen (secondary N) is 1. The number of nitrogens with zero attached hydrogens (tertiary/aromatic N) is 1. The Balaban J connectivity index is 1.80. The molecule has 0 radical (unpaired) electrons. The van der Waals surface area contributed by atoms with E-state index >= 15 is 0 Å². The number of aromatic nitrogens is 1. The van der Waals surface area contributed by atoms with Gasteiger partial charge in [0, 0.05) is 16.6 Å². The lowest BCUT2D eigenvalue weighted by molar-refractivity contribution is 0.408. The van der Waals surface area contributed by atoms with Gasteiger partial charge >= 0.3 is 0 Å². The second-order valence-corrected chi connectivity index (χ2v) is 10.7. The molecule has 3 nitrogen and oxygen atoms in total. The van der Waals surface area contributed by atoms with Crippen molar-refractivity contribution in [1.29, 1.82) is 0 Å². The Morgan fingerprint density at radius 1 is 0.829 bits per heavy atom. The number of benzene rings is 3. The van der Waals surface area contributed by atoms with Crippen molar-refractivity contribution in [3.05, 3.63) is 98.9 Å². The van der Waals surface area contributed by atoms with E-state index in [4.69, 9.17) is 9.72 Å². The van der Waals surface area contributed by atoms with Crippen LogP contribution in [0.3, 0.4) is 0 Å². The first-order valence-electron chi connectivity index (χ1n) is 12.4. The third kappa shape index (κ3) is 5.28. The number of para-hydroxylation sites is 1. The van der Waals surface area contributed by atoms with Crippen LogP contribution in [0.2, 0.25) is 0 Å². The summed E-state index contributed by atoms with van der Waals surface area (Å²) < 4.78 is 5.57. The van der Waals surface area contributed by atoms with E-state index in [9.17, 15) is 0 Å². The molecular weight excluding hydrogens is 448 g/mol. The van der Waals surface area contributed by atoms with E-state index in [-0.39, 0.29) is 6.04 Å². The van der Waals surface area contributed by atoms with Crippen LogP contribution < -0.4 is 10.1 Å². The van der Waals surface area contributed by atoms with Crippen LogP contribution in [0.4, 0.5) is 5.69 Å². The highest BCUT2D eigenvalue weighted by atomic mass is 32.1. The molecular formula is C31H36N2OS. The van der Waals surface area contributed by atoms with Gasteiger partial charge in [-0.05, 0) is 65.6 Å². The van der Waals surface area contributed by atoms with Crippen molar-refractivity contribution in [2.45, 2.75) is 59.4 Å². The van der Waals surface area contributed by atoms with Crippen LogP contribution in [0.5, 0.6) is 5.75 Å². The van der Waals surface area contributed by atoms with Crippen molar-refractivity contribution < 1.29 is 4.74 Å². The van der Waals surface area contributed by atoms with Crippen LogP contribution in [-0.2, 0) is 0 Å². The third-order valence-electron chi connectivity index (χ3n) is 6.52. The second-order valence-electron chi connectivity index (χ2n) is 9.82. The first-order valence-corrected chi connectivity index (χ1v) is 13.2. The van der Waals surface area contributed by atoms with Crippen molar-refractivity contribution in [3.63, 3.8) is 0 Å². The molecule has 4 heteroatoms. The van der Waals surface area contributed by atoms with E-state index in [1.165, 1.54) is 22.4 Å². The fourth-order valence-electron chi connectivity index (χ4n) is 4.77. The average Bonchev–Trinajstić information content (AvgIpc) is 3.32. The lowest BCUT2D eigenvalue weighted by Crippen LogP contribution is -2.16. The van der Waals surface area contributed by atoms with E-state index < -0.39 is 0 Å². The molecule has 1 atom stereocenters. The predicted octanol–water partition coefficient (Wildman–Crippen LogP) is 8.88. The van der Waals surface area contributed by atoms with Gasteiger partial charge in [0.25, 0.3) is 0 Å². The summed E-state index contributed by atoms with van der Waals surface area (Å²) >= 11 is 1.71. The van der Waals surface area contributed by atoms with Gasteiger partial charge in [-0.1, -0.05) is 76.2 Å². The highest BCUT2D eigenvalue weighted by molar-refractivity contribution is 7.10. The highest BCUT2D eigenvalue weighted by Crippen LogP contribution is 2.38. The smallest absolute Gasteiger partial charge is 0.124 e. The fraction of sp³-hybridized carbons (Fsp3) is 0.323. The number of methoxy groups -OCH3 is 1. The fourth-order valence-corrected chi connectivity index (χ4v) is 5.67. The van der Waals surface area contributed by atoms with Gasteiger partial charge in [-0.15, -0.1) is 11.3 Å². The topological polar surface area (TPSA) is 34.1 Å². The quantitative estimate of drug-likeness (QED) is 0.271. The number of hydrogen-bond donors (Lipinski definition) is 1. The largest absolute Gasteiger partial charge is 0.496 e. The minimum atomic E-state index is -0.0345. The summed E-state index contributed by atoms with van der Waals surface area (Å²) in [5.74, 6) is 1.79. The van der Waals surface area contributed by atoms with E-state index in [1.54, 1.807) is 18.4 Å². The summed E-state index contributed by atoms with van der Waals surface area (Å²) in [5, 5.41) is 7.18. The van der Waals surface area contributed by atoms with Crippen LogP contribution in [0.15, 0.2) is 66.0 Å². The average molecular weight is 485 g/mol. The molecule has 0 aliphatic heterocycles. The Hall–Kier alpha value is -3.11. The van der Waals surface area contributed by atoms with Crippen molar-refractivity contribution in [3.8, 4) is 17.0 Å². The van der Waals surface area contributed by atoms with Crippen molar-refractivity contribution in [2.75, 3.05) is 12.4 Å². The lowest BCUT2D eigenvalue weighted by atomic mass is 9.92. The van der Waals surface area contributed by atoms with Crippen LogP contribution in [0.1, 0.15) is 78.4 Å². The zero-order valence-corrected chi connectivity index (χ0v) is 22.7. The highest BCUT2D eigenvalue weighted by Gasteiger charge is 2.23. The van der Waals surface area contributed by atoms with Gasteiger partial charge in [0.15, 0.2) is 0 Å². The molecule has 35 heavy (non-hydrogen) atoms. The summed E-state index contributed by atoms with van der Waals surface area (Å²) in [5.41, 5.74) is 9.52. The Kier molecular flexibility index (Phi) is 7.61. The number of hydrogen-bond acceptors (Lipinski definition) is 4. The second kappa shape index (κ2) is 10.7. The summed E-state index contributed by atoms with van der Waals surface area (Å²) in [6, 6.07) is 21.6. The van der Waals surface area contributed by atoms with Crippen molar-refractivity contribution >= 4 is 17.0 Å². The van der Waals surface area contributed by atoms with Gasteiger partial charge in [0.1, 0.15) is 16.8 Å². The number of aryl methyl sites for hydroxylation is 2. The summed E-state index contributed by atoms with van der Waals surface area (Å²) in [4.78, 5) is 5.16. The molecule has 0 bridgehead atoms. The molecule has 1 N–H and O–H groups in total. The number of anilines is 1. The maximum Gasteiger partial charge on any atom is 0.124 e. The standard InChI is InChI=1S/C31H36N2OS/c1-19(2)25-14-11-15-26(20(3)4)29(25)33-28(23-12-9-8-10-13-23)31-32-27(18-35-31)24-16-21(5)30(34-7)22(6)17-24/h8-20,28,33H,1-7H3. The number of rotatable bonds is 8. The maximum absolute atomic E-state index is 5.57. The molecule has 0 aliphatic rings. The summed E-state index contributed by atoms with van der Waals surface area (Å²) in [7, 11) is 1.73. The molecule has 1 aromatic heterocycles. The molecule has 0 saturated heterocycles. The minimum Gasteiger partial charge on any atom is -0.496 e. The monoisotopic (exact) mass is 484 g/mol. The molecule has 4 rings (SSSR count). The van der Waals surface area contributed by atoms with Crippen LogP contribution in [0.25, 0.3) is 11.3 Å². The molecule has 1 unspecified atom stereocenters. The van der Waals surface area contributed by atoms with Crippen LogP contribution in [-0.4, -0.2) is 12.1 Å². The summed E-state index contributed by atoms with van der Waals surface area (Å²) in [6.07, 6.45) is 0. The van der Waals surface area contributed by atoms with Gasteiger partial charge in [-0.3, -0.25) is 0 Å². The first-order chi connectivity index (χ1) is 16.8. The minimum absolute atomic E-state index is 0.0345. The Bertz CT molecular complexity index is 1240. The lowest BCUT2D eigenvalue weighted by Gasteiger charge is -2.26. The molecule has 0 amide bonds. The summed E-state index contributed by atoms with van der Waals surface area (Å²) in [6.45, 7) is 13.2. The van der Waals surface area contributed by atoms with Gasteiger partial charge in [0.2, 0.25) is 0 Å². The predicted molar refractivity (Wildman–Crippen MR) is 150 cm³/mol. The van der Waals surface area contributed by atoms with Gasteiger partial charge in [-0.25, -0.2) is 4.98 Å². The molecule has 0 fully saturated rings. The maximum atomic E-state index is 5.57. The Morgan fingerprint density at radius 2 is 1.43 bits per heavy atom. The SMILES string of the molecule is COc1c(C)cc(-c2csc(C(Nc3c(C(C)C)cccc3C(C)C)c3ccccc3)n2)cc1C. The zero-order valence-electron chi connectivity index (χ0n) is 21.8. The third-order valence-corrected chi connectivity index (χ3v) is 7.43. The normalized spacial score (nSPS) is 12.3. The van der Waals surface area contributed by atoms with Gasteiger partial charge in [-0.2, -0.15) is 0 Å². The van der Waals surface area contributed by atoms with Gasteiger partial charge < -0.3 is 10.1 Å². The molecule has 4 aromatic rings. The molecule has 3 aromatic carbocycles. The first kappa shape index (κ1) is 25.0. The van der Waals surface area contributed by atoms with E-state index in [2.05, 4.69) is 113 Å². The van der Waals surface area contributed by atoms with Crippen molar-refractivity contribution in [1.82, 2.24) is 4.98 Å². The number of ether oxygens (including phenoxy) is 1. The van der Waals surface area contributed by atoms with E-state index in [0.717, 1.165) is 33.1 Å². The van der Waals surface area contributed by atoms with E-state index in [0.29, 0.717) is 11.8 Å². The molecule has 182 valence electrons. The molecule has 0 spiro atoms. The van der Waals surface area contributed by atoms with E-state index in [1.807, 2.05) is 0 Å². The Morgan fingerprint density at radius 3 is 1.97 bits per heavy atom. The molecule has 1 heterocycles.